The van der Waals surface area contributed by atoms with Gasteiger partial charge in [0.2, 0.25) is 0 Å². The zero-order valence-electron chi connectivity index (χ0n) is 25.5. The third kappa shape index (κ3) is 7.98. The Morgan fingerprint density at radius 3 is 1.53 bits per heavy atom. The minimum absolute atomic E-state index is 0.168. The topological polar surface area (TPSA) is 97.4 Å². The Morgan fingerprint density at radius 2 is 1.09 bits per heavy atom. The number of rotatable bonds is 9. The second-order valence-corrected chi connectivity index (χ2v) is 16.9. The lowest BCUT2D eigenvalue weighted by Crippen LogP contribution is -2.64. The Morgan fingerprint density at radius 1 is 0.674 bits per heavy atom. The smallest absolute Gasteiger partial charge is 0.338 e. The molecule has 228 valence electrons. The van der Waals surface area contributed by atoms with Crippen LogP contribution in [0.2, 0.25) is 18.1 Å². The number of benzene rings is 3. The average molecular weight is 605 g/mol. The van der Waals surface area contributed by atoms with Gasteiger partial charge in [0.1, 0.15) is 18.8 Å². The van der Waals surface area contributed by atoms with Crippen molar-refractivity contribution in [1.82, 2.24) is 0 Å². The van der Waals surface area contributed by atoms with Gasteiger partial charge in [-0.1, -0.05) is 75.4 Å². The predicted molar refractivity (Wildman–Crippen MR) is 164 cm³/mol. The van der Waals surface area contributed by atoms with Crippen molar-refractivity contribution in [2.24, 2.45) is 0 Å². The zero-order valence-corrected chi connectivity index (χ0v) is 26.5. The van der Waals surface area contributed by atoms with Gasteiger partial charge in [0.05, 0.1) is 22.8 Å². The van der Waals surface area contributed by atoms with E-state index in [1.807, 2.05) is 6.92 Å². The van der Waals surface area contributed by atoms with E-state index in [-0.39, 0.29) is 11.6 Å². The van der Waals surface area contributed by atoms with Crippen LogP contribution in [-0.4, -0.2) is 63.4 Å². The molecule has 0 N–H and O–H groups in total. The molecular weight excluding hydrogens is 564 g/mol. The lowest BCUT2D eigenvalue weighted by molar-refractivity contribution is -0.220. The van der Waals surface area contributed by atoms with E-state index in [1.54, 1.807) is 91.0 Å². The van der Waals surface area contributed by atoms with Crippen LogP contribution in [-0.2, 0) is 23.4 Å². The molecule has 9 heteroatoms. The summed E-state index contributed by atoms with van der Waals surface area (Å²) in [7, 11) is -2.44. The second kappa shape index (κ2) is 13.7. The number of esters is 3. The first-order chi connectivity index (χ1) is 20.4. The van der Waals surface area contributed by atoms with E-state index in [2.05, 4.69) is 33.9 Å². The number of carbonyl (C=O) groups excluding carboxylic acids is 3. The van der Waals surface area contributed by atoms with Gasteiger partial charge in [-0.2, -0.15) is 0 Å². The fraction of sp³-hybridized carbons (Fsp3) is 0.382. The summed E-state index contributed by atoms with van der Waals surface area (Å²) in [5.74, 6) is -1.78. The van der Waals surface area contributed by atoms with E-state index >= 15 is 0 Å². The van der Waals surface area contributed by atoms with Gasteiger partial charge in [-0.3, -0.25) is 0 Å². The van der Waals surface area contributed by atoms with Crippen molar-refractivity contribution in [3.63, 3.8) is 0 Å². The van der Waals surface area contributed by atoms with Crippen LogP contribution in [0.25, 0.3) is 0 Å². The maximum atomic E-state index is 13.5. The Labute approximate surface area is 254 Å². The van der Waals surface area contributed by atoms with E-state index < -0.39 is 56.7 Å². The monoisotopic (exact) mass is 604 g/mol. The van der Waals surface area contributed by atoms with Gasteiger partial charge in [0, 0.05) is 0 Å². The standard InChI is InChI=1S/C34H40O8Si/c1-23-28(42-43(5,6)34(2,3)4)30(41-33(37)26-20-14-9-15-21-26)29(40-32(36)25-18-12-8-13-19-25)27(39-23)22-38-31(35)24-16-10-7-11-17-24/h7-21,23,27-30H,22H2,1-6H3/t23-,27?,28?,29-,30?/m0/s1. The molecule has 0 bridgehead atoms. The summed E-state index contributed by atoms with van der Waals surface area (Å²) in [4.78, 5) is 39.7. The van der Waals surface area contributed by atoms with Gasteiger partial charge in [-0.15, -0.1) is 0 Å². The molecule has 8 nitrogen and oxygen atoms in total. The summed E-state index contributed by atoms with van der Waals surface area (Å²) in [6, 6.07) is 25.7. The van der Waals surface area contributed by atoms with Gasteiger partial charge in [0.25, 0.3) is 0 Å². The summed E-state index contributed by atoms with van der Waals surface area (Å²) in [5.41, 5.74) is 1.03. The molecule has 1 aliphatic rings. The lowest BCUT2D eigenvalue weighted by atomic mass is 9.95. The third-order valence-corrected chi connectivity index (χ3v) is 12.5. The van der Waals surface area contributed by atoms with Crippen molar-refractivity contribution in [1.29, 1.82) is 0 Å². The largest absolute Gasteiger partial charge is 0.459 e. The van der Waals surface area contributed by atoms with Gasteiger partial charge < -0.3 is 23.4 Å². The molecule has 1 saturated heterocycles. The Balaban J connectivity index is 1.70. The maximum Gasteiger partial charge on any atom is 0.338 e. The van der Waals surface area contributed by atoms with E-state index in [9.17, 15) is 14.4 Å². The van der Waals surface area contributed by atoms with Crippen molar-refractivity contribution >= 4 is 26.2 Å². The molecule has 0 saturated carbocycles. The minimum atomic E-state index is -2.44. The van der Waals surface area contributed by atoms with Crippen LogP contribution in [0.4, 0.5) is 0 Å². The second-order valence-electron chi connectivity index (χ2n) is 12.2. The van der Waals surface area contributed by atoms with Crippen LogP contribution in [0, 0.1) is 0 Å². The maximum absolute atomic E-state index is 13.5. The molecule has 4 rings (SSSR count). The van der Waals surface area contributed by atoms with E-state index in [1.165, 1.54) is 0 Å². The molecule has 0 amide bonds. The first-order valence-corrected chi connectivity index (χ1v) is 17.4. The molecule has 43 heavy (non-hydrogen) atoms. The highest BCUT2D eigenvalue weighted by molar-refractivity contribution is 6.74. The van der Waals surface area contributed by atoms with Crippen LogP contribution in [0.3, 0.4) is 0 Å². The number of ether oxygens (including phenoxy) is 4. The quantitative estimate of drug-likeness (QED) is 0.156. The molecule has 0 spiro atoms. The molecular formula is C34H40O8Si. The molecule has 0 aliphatic carbocycles. The average Bonchev–Trinajstić information content (AvgIpc) is 2.99. The van der Waals surface area contributed by atoms with Crippen molar-refractivity contribution in [2.45, 2.75) is 76.3 Å². The highest BCUT2D eigenvalue weighted by Crippen LogP contribution is 2.40. The number of hydrogen-bond donors (Lipinski definition) is 0. The van der Waals surface area contributed by atoms with Crippen LogP contribution in [0.15, 0.2) is 91.0 Å². The summed E-state index contributed by atoms with van der Waals surface area (Å²) < 4.78 is 31.0. The number of carbonyl (C=O) groups is 3. The first kappa shape index (κ1) is 32.1. The van der Waals surface area contributed by atoms with E-state index in [0.29, 0.717) is 16.7 Å². The molecule has 0 aromatic heterocycles. The fourth-order valence-electron chi connectivity index (χ4n) is 4.53. The minimum Gasteiger partial charge on any atom is -0.459 e. The van der Waals surface area contributed by atoms with Crippen molar-refractivity contribution in [3.05, 3.63) is 108 Å². The Kier molecular flexibility index (Phi) is 10.2. The summed E-state index contributed by atoms with van der Waals surface area (Å²) in [6.07, 6.45) is -4.49. The van der Waals surface area contributed by atoms with Crippen LogP contribution in [0.5, 0.6) is 0 Å². The fourth-order valence-corrected chi connectivity index (χ4v) is 5.89. The van der Waals surface area contributed by atoms with Gasteiger partial charge in [-0.25, -0.2) is 14.4 Å². The zero-order chi connectivity index (χ0) is 31.2. The van der Waals surface area contributed by atoms with Crippen molar-refractivity contribution in [3.8, 4) is 0 Å². The molecule has 1 heterocycles. The normalized spacial score (nSPS) is 22.3. The molecule has 0 radical (unpaired) electrons. The van der Waals surface area contributed by atoms with Crippen LogP contribution in [0.1, 0.15) is 58.8 Å². The van der Waals surface area contributed by atoms with E-state index in [0.717, 1.165) is 0 Å². The molecule has 1 aliphatic heterocycles. The van der Waals surface area contributed by atoms with E-state index in [4.69, 9.17) is 23.4 Å². The highest BCUT2D eigenvalue weighted by Gasteiger charge is 2.53. The SMILES string of the molecule is C[C@@H]1OC(COC(=O)c2ccccc2)[C@H](OC(=O)c2ccccc2)C(OC(=O)c2ccccc2)C1O[Si](C)(C)C(C)(C)C. The summed E-state index contributed by atoms with van der Waals surface area (Å²) >= 11 is 0. The van der Waals surface area contributed by atoms with Crippen molar-refractivity contribution < 1.29 is 37.8 Å². The Bertz CT molecular complexity index is 1370. The molecule has 5 atom stereocenters. The molecule has 3 aromatic carbocycles. The van der Waals surface area contributed by atoms with Gasteiger partial charge in [0.15, 0.2) is 20.5 Å². The first-order valence-electron chi connectivity index (χ1n) is 14.4. The predicted octanol–water partition coefficient (Wildman–Crippen LogP) is 6.47. The highest BCUT2D eigenvalue weighted by atomic mass is 28.4. The van der Waals surface area contributed by atoms with Gasteiger partial charge >= 0.3 is 17.9 Å². The number of hydrogen-bond acceptors (Lipinski definition) is 8. The van der Waals surface area contributed by atoms with Crippen LogP contribution < -0.4 is 0 Å². The van der Waals surface area contributed by atoms with Crippen LogP contribution >= 0.6 is 0 Å². The molecule has 3 unspecified atom stereocenters. The van der Waals surface area contributed by atoms with Gasteiger partial charge in [-0.05, 0) is 61.5 Å². The third-order valence-electron chi connectivity index (χ3n) is 8.00. The Hall–Kier alpha value is -3.79. The lowest BCUT2D eigenvalue weighted by Gasteiger charge is -2.48. The summed E-state index contributed by atoms with van der Waals surface area (Å²) in [6.45, 7) is 12.1. The van der Waals surface area contributed by atoms with Crippen molar-refractivity contribution in [2.75, 3.05) is 6.61 Å². The molecule has 3 aromatic rings. The molecule has 1 fully saturated rings. The summed E-state index contributed by atoms with van der Waals surface area (Å²) in [5, 5.41) is -0.168.